The van der Waals surface area contributed by atoms with Gasteiger partial charge in [-0.25, -0.2) is 4.79 Å². The standard InChI is InChI=1S/C9H6ClFN2O5/c1-3(14)12-7-4(9(15)16)2-5(10)6(11)8(7)13(17)18/h2H,1H3,(H,12,14)(H,15,16). The molecule has 0 aliphatic heterocycles. The first-order valence-corrected chi connectivity index (χ1v) is 4.80. The Morgan fingerprint density at radius 1 is 1.56 bits per heavy atom. The zero-order valence-corrected chi connectivity index (χ0v) is 9.62. The summed E-state index contributed by atoms with van der Waals surface area (Å²) in [7, 11) is 0. The van der Waals surface area contributed by atoms with E-state index in [0.29, 0.717) is 6.07 Å². The third kappa shape index (κ3) is 2.54. The fraction of sp³-hybridized carbons (Fsp3) is 0.111. The van der Waals surface area contributed by atoms with Crippen LogP contribution in [0.5, 0.6) is 0 Å². The Bertz CT molecular complexity index is 560. The summed E-state index contributed by atoms with van der Waals surface area (Å²) in [6, 6.07) is 0.692. The molecule has 0 atom stereocenters. The average molecular weight is 277 g/mol. The van der Waals surface area contributed by atoms with Crippen molar-refractivity contribution in [2.45, 2.75) is 6.92 Å². The van der Waals surface area contributed by atoms with E-state index in [1.807, 2.05) is 5.32 Å². The van der Waals surface area contributed by atoms with Gasteiger partial charge in [0.15, 0.2) is 0 Å². The second kappa shape index (κ2) is 4.96. The number of carbonyl (C=O) groups is 2. The molecule has 0 aliphatic rings. The number of carboxylic acids is 1. The van der Waals surface area contributed by atoms with Crippen LogP contribution in [0, 0.1) is 15.9 Å². The summed E-state index contributed by atoms with van der Waals surface area (Å²) in [5.41, 5.74) is -2.58. The lowest BCUT2D eigenvalue weighted by atomic mass is 10.1. The minimum absolute atomic E-state index is 0.664. The summed E-state index contributed by atoms with van der Waals surface area (Å²) in [6.45, 7) is 1.00. The largest absolute Gasteiger partial charge is 0.478 e. The van der Waals surface area contributed by atoms with Gasteiger partial charge in [-0.05, 0) is 6.07 Å². The van der Waals surface area contributed by atoms with Gasteiger partial charge in [-0.2, -0.15) is 4.39 Å². The van der Waals surface area contributed by atoms with Crippen LogP contribution in [0.25, 0.3) is 0 Å². The molecular formula is C9H6ClFN2O5. The molecule has 1 amide bonds. The lowest BCUT2D eigenvalue weighted by Crippen LogP contribution is -2.14. The molecule has 9 heteroatoms. The van der Waals surface area contributed by atoms with E-state index in [2.05, 4.69) is 0 Å². The van der Waals surface area contributed by atoms with E-state index < -0.39 is 44.6 Å². The summed E-state index contributed by atoms with van der Waals surface area (Å²) in [5, 5.41) is 20.8. The normalized spacial score (nSPS) is 9.94. The van der Waals surface area contributed by atoms with Crippen LogP contribution in [-0.4, -0.2) is 21.9 Å². The van der Waals surface area contributed by atoms with Crippen molar-refractivity contribution in [3.05, 3.63) is 32.6 Å². The number of carbonyl (C=O) groups excluding carboxylic acids is 1. The maximum Gasteiger partial charge on any atom is 0.338 e. The van der Waals surface area contributed by atoms with Gasteiger partial charge >= 0.3 is 11.7 Å². The molecule has 96 valence electrons. The number of anilines is 1. The van der Waals surface area contributed by atoms with Gasteiger partial charge in [0.25, 0.3) is 0 Å². The predicted molar refractivity (Wildman–Crippen MR) is 59.3 cm³/mol. The summed E-state index contributed by atoms with van der Waals surface area (Å²) in [6.07, 6.45) is 0. The first-order valence-electron chi connectivity index (χ1n) is 4.43. The number of aromatic carboxylic acids is 1. The van der Waals surface area contributed by atoms with Crippen molar-refractivity contribution < 1.29 is 24.0 Å². The molecule has 0 heterocycles. The summed E-state index contributed by atoms with van der Waals surface area (Å²) in [5.74, 6) is -3.76. The van der Waals surface area contributed by atoms with Gasteiger partial charge in [-0.15, -0.1) is 0 Å². The quantitative estimate of drug-likeness (QED) is 0.648. The number of amides is 1. The molecule has 1 aromatic rings. The van der Waals surface area contributed by atoms with Gasteiger partial charge in [0.1, 0.15) is 5.69 Å². The fourth-order valence-electron chi connectivity index (χ4n) is 1.26. The lowest BCUT2D eigenvalue weighted by molar-refractivity contribution is -0.386. The molecule has 2 N–H and O–H groups in total. The van der Waals surface area contributed by atoms with Crippen molar-refractivity contribution in [2.75, 3.05) is 5.32 Å². The number of nitrogens with one attached hydrogen (secondary N) is 1. The van der Waals surface area contributed by atoms with Crippen molar-refractivity contribution >= 4 is 34.9 Å². The Labute approximate surface area is 104 Å². The molecule has 0 saturated carbocycles. The van der Waals surface area contributed by atoms with Crippen LogP contribution in [-0.2, 0) is 4.79 Å². The molecule has 0 fully saturated rings. The smallest absolute Gasteiger partial charge is 0.338 e. The van der Waals surface area contributed by atoms with Gasteiger partial charge < -0.3 is 10.4 Å². The number of benzene rings is 1. The molecule has 0 aromatic heterocycles. The van der Waals surface area contributed by atoms with Crippen molar-refractivity contribution in [1.82, 2.24) is 0 Å². The second-order valence-corrected chi connectivity index (χ2v) is 3.59. The Morgan fingerprint density at radius 2 is 2.11 bits per heavy atom. The van der Waals surface area contributed by atoms with Crippen LogP contribution in [0.4, 0.5) is 15.8 Å². The van der Waals surface area contributed by atoms with Crippen LogP contribution in [0.2, 0.25) is 5.02 Å². The van der Waals surface area contributed by atoms with Crippen molar-refractivity contribution in [2.24, 2.45) is 0 Å². The summed E-state index contributed by atoms with van der Waals surface area (Å²) < 4.78 is 13.5. The van der Waals surface area contributed by atoms with E-state index in [1.165, 1.54) is 0 Å². The van der Waals surface area contributed by atoms with E-state index in [1.54, 1.807) is 0 Å². The van der Waals surface area contributed by atoms with Crippen LogP contribution >= 0.6 is 11.6 Å². The highest BCUT2D eigenvalue weighted by Gasteiger charge is 2.30. The van der Waals surface area contributed by atoms with Crippen molar-refractivity contribution in [1.29, 1.82) is 0 Å². The van der Waals surface area contributed by atoms with Gasteiger partial charge in [-0.3, -0.25) is 14.9 Å². The van der Waals surface area contributed by atoms with Crippen molar-refractivity contribution in [3.8, 4) is 0 Å². The van der Waals surface area contributed by atoms with E-state index in [4.69, 9.17) is 16.7 Å². The van der Waals surface area contributed by atoms with Crippen LogP contribution in [0.15, 0.2) is 6.07 Å². The number of hydrogen-bond donors (Lipinski definition) is 2. The molecule has 0 spiro atoms. The van der Waals surface area contributed by atoms with Crippen LogP contribution < -0.4 is 5.32 Å². The molecule has 0 bridgehead atoms. The molecule has 1 aromatic carbocycles. The molecule has 0 aliphatic carbocycles. The Morgan fingerprint density at radius 3 is 2.50 bits per heavy atom. The Balaban J connectivity index is 3.68. The number of nitrogens with zero attached hydrogens (tertiary/aromatic N) is 1. The maximum absolute atomic E-state index is 13.5. The third-order valence-corrected chi connectivity index (χ3v) is 2.18. The molecule has 0 saturated heterocycles. The number of hydrogen-bond acceptors (Lipinski definition) is 4. The zero-order valence-electron chi connectivity index (χ0n) is 8.86. The highest BCUT2D eigenvalue weighted by molar-refractivity contribution is 6.31. The SMILES string of the molecule is CC(=O)Nc1c(C(=O)O)cc(Cl)c(F)c1[N+](=O)[O-]. The minimum atomic E-state index is -1.58. The Hall–Kier alpha value is -2.22. The topological polar surface area (TPSA) is 110 Å². The molecule has 18 heavy (non-hydrogen) atoms. The lowest BCUT2D eigenvalue weighted by Gasteiger charge is -2.09. The highest BCUT2D eigenvalue weighted by Crippen LogP contribution is 2.36. The van der Waals surface area contributed by atoms with E-state index >= 15 is 0 Å². The maximum atomic E-state index is 13.5. The van der Waals surface area contributed by atoms with Gasteiger partial charge in [0, 0.05) is 6.92 Å². The number of nitro benzene ring substituents is 1. The Kier molecular flexibility index (Phi) is 3.82. The summed E-state index contributed by atoms with van der Waals surface area (Å²) in [4.78, 5) is 31.3. The van der Waals surface area contributed by atoms with Crippen LogP contribution in [0.3, 0.4) is 0 Å². The predicted octanol–water partition coefficient (Wildman–Crippen LogP) is 2.04. The zero-order chi connectivity index (χ0) is 14.0. The first kappa shape index (κ1) is 13.8. The molecule has 7 nitrogen and oxygen atoms in total. The van der Waals surface area contributed by atoms with E-state index in [0.717, 1.165) is 6.92 Å². The van der Waals surface area contributed by atoms with Gasteiger partial charge in [0.2, 0.25) is 11.7 Å². The summed E-state index contributed by atoms with van der Waals surface area (Å²) >= 11 is 5.36. The van der Waals surface area contributed by atoms with Crippen LogP contribution in [0.1, 0.15) is 17.3 Å². The second-order valence-electron chi connectivity index (χ2n) is 3.19. The first-order chi connectivity index (χ1) is 8.25. The van der Waals surface area contributed by atoms with Gasteiger partial charge in [-0.1, -0.05) is 11.6 Å². The monoisotopic (exact) mass is 276 g/mol. The van der Waals surface area contributed by atoms with E-state index in [-0.39, 0.29) is 0 Å². The number of rotatable bonds is 3. The van der Waals surface area contributed by atoms with E-state index in [9.17, 15) is 24.1 Å². The molecule has 1 rings (SSSR count). The molecular weight excluding hydrogens is 271 g/mol. The number of halogens is 2. The average Bonchev–Trinajstić information content (AvgIpc) is 2.21. The molecule has 0 radical (unpaired) electrons. The number of carboxylic acid groups (broad SMARTS) is 1. The third-order valence-electron chi connectivity index (χ3n) is 1.91. The van der Waals surface area contributed by atoms with Crippen molar-refractivity contribution in [3.63, 3.8) is 0 Å². The highest BCUT2D eigenvalue weighted by atomic mass is 35.5. The number of nitro groups is 1. The fourth-order valence-corrected chi connectivity index (χ4v) is 1.45. The molecule has 0 unspecified atom stereocenters. The minimum Gasteiger partial charge on any atom is -0.478 e. The van der Waals surface area contributed by atoms with Gasteiger partial charge in [0.05, 0.1) is 15.5 Å².